The van der Waals surface area contributed by atoms with E-state index in [0.29, 0.717) is 42.1 Å². The molecule has 0 saturated heterocycles. The largest absolute Gasteiger partial charge is 0.495 e. The number of nitrogens with zero attached hydrogens (tertiary/aromatic N) is 3. The van der Waals surface area contributed by atoms with Crippen molar-refractivity contribution in [2.75, 3.05) is 13.7 Å². The summed E-state index contributed by atoms with van der Waals surface area (Å²) in [6, 6.07) is 23.7. The average molecular weight is 505 g/mol. The van der Waals surface area contributed by atoms with Gasteiger partial charge in [0.05, 0.1) is 36.7 Å². The Kier molecular flexibility index (Phi) is 6.07. The minimum Gasteiger partial charge on any atom is -0.495 e. The van der Waals surface area contributed by atoms with Crippen molar-refractivity contribution in [2.45, 2.75) is 30.1 Å². The molecule has 7 heteroatoms. The van der Waals surface area contributed by atoms with Gasteiger partial charge in [-0.2, -0.15) is 5.26 Å². The van der Waals surface area contributed by atoms with Crippen LogP contribution in [0.15, 0.2) is 91.5 Å². The maximum absolute atomic E-state index is 13.1. The molecule has 1 aliphatic carbocycles. The molecule has 0 bridgehead atoms. The standard InChI is InChI=1S/C31H28N4O3/c1-37-27-19-35-20-28-29(27)30(36)25(18-34-17-22-11-13-33-14-12-22)15-26(23-5-3-2-4-6-23)31(30,38-28)24-9-7-21(16-32)8-10-24/h2-14,19-20,25-26,34,36H,15,17-18H2,1H3. The lowest BCUT2D eigenvalue weighted by Gasteiger charge is -2.42. The van der Waals surface area contributed by atoms with Crippen LogP contribution in [0.25, 0.3) is 0 Å². The Hall–Kier alpha value is -4.25. The molecule has 2 aromatic heterocycles. The number of hydrogen-bond donors (Lipinski definition) is 2. The van der Waals surface area contributed by atoms with E-state index in [2.05, 4.69) is 33.5 Å². The van der Waals surface area contributed by atoms with E-state index in [0.717, 1.165) is 16.7 Å². The zero-order valence-electron chi connectivity index (χ0n) is 21.0. The fraction of sp³-hybridized carbons (Fsp3) is 0.258. The lowest BCUT2D eigenvalue weighted by Crippen LogP contribution is -2.52. The highest BCUT2D eigenvalue weighted by atomic mass is 16.5. The Bertz CT molecular complexity index is 1470. The van der Waals surface area contributed by atoms with E-state index in [1.165, 1.54) is 0 Å². The van der Waals surface area contributed by atoms with Crippen molar-refractivity contribution in [3.63, 3.8) is 0 Å². The van der Waals surface area contributed by atoms with E-state index in [-0.39, 0.29) is 11.8 Å². The van der Waals surface area contributed by atoms with Crippen molar-refractivity contribution in [1.82, 2.24) is 15.3 Å². The Morgan fingerprint density at radius 3 is 2.53 bits per heavy atom. The van der Waals surface area contributed by atoms with Crippen LogP contribution in [0, 0.1) is 17.2 Å². The van der Waals surface area contributed by atoms with Gasteiger partial charge in [0.2, 0.25) is 0 Å². The van der Waals surface area contributed by atoms with Gasteiger partial charge in [-0.1, -0.05) is 42.5 Å². The lowest BCUT2D eigenvalue weighted by molar-refractivity contribution is -0.127. The predicted octanol–water partition coefficient (Wildman–Crippen LogP) is 4.43. The summed E-state index contributed by atoms with van der Waals surface area (Å²) in [5, 5.41) is 26.1. The van der Waals surface area contributed by atoms with Crippen molar-refractivity contribution in [3.05, 3.63) is 119 Å². The molecule has 0 amide bonds. The molecule has 3 heterocycles. The van der Waals surface area contributed by atoms with Gasteiger partial charge < -0.3 is 19.9 Å². The topological polar surface area (TPSA) is 100 Å². The molecule has 0 radical (unpaired) electrons. The predicted molar refractivity (Wildman–Crippen MR) is 141 cm³/mol. The summed E-state index contributed by atoms with van der Waals surface area (Å²) in [5.41, 5.74) is 1.59. The molecule has 2 aromatic carbocycles. The minimum absolute atomic E-state index is 0.175. The van der Waals surface area contributed by atoms with Crippen molar-refractivity contribution < 1.29 is 14.6 Å². The molecule has 4 aromatic rings. The van der Waals surface area contributed by atoms with Gasteiger partial charge in [-0.3, -0.25) is 9.97 Å². The number of methoxy groups -OCH3 is 1. The number of benzene rings is 2. The molecule has 2 aliphatic rings. The smallest absolute Gasteiger partial charge is 0.174 e. The first-order chi connectivity index (χ1) is 18.6. The van der Waals surface area contributed by atoms with Crippen molar-refractivity contribution in [1.29, 1.82) is 5.26 Å². The molecule has 7 nitrogen and oxygen atoms in total. The SMILES string of the molecule is COc1cncc2c1C1(O)C(CNCc3ccncc3)CC(c3ccccc3)C1(c1ccc(C#N)cc1)O2. The van der Waals surface area contributed by atoms with Crippen LogP contribution >= 0.6 is 0 Å². The average Bonchev–Trinajstić information content (AvgIpc) is 3.39. The Balaban J connectivity index is 1.51. The first-order valence-corrected chi connectivity index (χ1v) is 12.7. The summed E-state index contributed by atoms with van der Waals surface area (Å²) in [5.74, 6) is 0.610. The highest BCUT2D eigenvalue weighted by molar-refractivity contribution is 5.58. The summed E-state index contributed by atoms with van der Waals surface area (Å²) in [7, 11) is 1.59. The molecule has 6 rings (SSSR count). The van der Waals surface area contributed by atoms with Crippen LogP contribution in [0.4, 0.5) is 0 Å². The Labute approximate surface area is 221 Å². The third-order valence-electron chi connectivity index (χ3n) is 8.03. The molecular formula is C31H28N4O3. The van der Waals surface area contributed by atoms with Crippen molar-refractivity contribution in [3.8, 4) is 17.6 Å². The zero-order valence-corrected chi connectivity index (χ0v) is 21.0. The highest BCUT2D eigenvalue weighted by Crippen LogP contribution is 2.69. The second-order valence-electron chi connectivity index (χ2n) is 9.89. The summed E-state index contributed by atoms with van der Waals surface area (Å²) >= 11 is 0. The molecule has 1 fully saturated rings. The van der Waals surface area contributed by atoms with E-state index in [1.807, 2.05) is 42.5 Å². The third kappa shape index (κ3) is 3.57. The van der Waals surface area contributed by atoms with Crippen LogP contribution in [0.1, 0.15) is 40.2 Å². The first-order valence-electron chi connectivity index (χ1n) is 12.7. The summed E-state index contributed by atoms with van der Waals surface area (Å²) in [6.07, 6.45) is 7.52. The molecule has 190 valence electrons. The van der Waals surface area contributed by atoms with Crippen LogP contribution < -0.4 is 14.8 Å². The quantitative estimate of drug-likeness (QED) is 0.384. The van der Waals surface area contributed by atoms with Crippen LogP contribution in [0.5, 0.6) is 11.5 Å². The van der Waals surface area contributed by atoms with Crippen molar-refractivity contribution in [2.24, 2.45) is 5.92 Å². The maximum atomic E-state index is 13.1. The lowest BCUT2D eigenvalue weighted by atomic mass is 9.70. The second-order valence-corrected chi connectivity index (χ2v) is 9.89. The Morgan fingerprint density at radius 2 is 1.82 bits per heavy atom. The molecule has 2 N–H and O–H groups in total. The normalized spacial score (nSPS) is 25.2. The summed E-state index contributed by atoms with van der Waals surface area (Å²) in [4.78, 5) is 8.44. The second kappa shape index (κ2) is 9.56. The number of hydrogen-bond acceptors (Lipinski definition) is 7. The number of pyridine rings is 2. The van der Waals surface area contributed by atoms with Gasteiger partial charge in [0.15, 0.2) is 5.60 Å². The first kappa shape index (κ1) is 24.1. The van der Waals surface area contributed by atoms with Gasteiger partial charge in [-0.25, -0.2) is 0 Å². The number of fused-ring (bicyclic) bond motifs is 3. The monoisotopic (exact) mass is 504 g/mol. The van der Waals surface area contributed by atoms with Gasteiger partial charge in [0, 0.05) is 37.3 Å². The number of aliphatic hydroxyl groups is 1. The van der Waals surface area contributed by atoms with Crippen LogP contribution in [0.3, 0.4) is 0 Å². The molecule has 0 spiro atoms. The van der Waals surface area contributed by atoms with E-state index in [1.54, 1.807) is 44.0 Å². The van der Waals surface area contributed by atoms with E-state index in [4.69, 9.17) is 9.47 Å². The number of rotatable bonds is 7. The third-order valence-corrected chi connectivity index (χ3v) is 8.03. The summed E-state index contributed by atoms with van der Waals surface area (Å²) in [6.45, 7) is 1.20. The number of ether oxygens (including phenoxy) is 2. The number of nitriles is 1. The van der Waals surface area contributed by atoms with Gasteiger partial charge >= 0.3 is 0 Å². The van der Waals surface area contributed by atoms with Crippen molar-refractivity contribution >= 4 is 0 Å². The van der Waals surface area contributed by atoms with Crippen LogP contribution in [0.2, 0.25) is 0 Å². The molecular weight excluding hydrogens is 476 g/mol. The molecule has 4 atom stereocenters. The fourth-order valence-electron chi connectivity index (χ4n) is 6.38. The van der Waals surface area contributed by atoms with Crippen LogP contribution in [-0.2, 0) is 17.7 Å². The van der Waals surface area contributed by atoms with Gasteiger partial charge in [0.25, 0.3) is 0 Å². The van der Waals surface area contributed by atoms with Gasteiger partial charge in [0.1, 0.15) is 17.1 Å². The fourth-order valence-corrected chi connectivity index (χ4v) is 6.38. The Morgan fingerprint density at radius 1 is 1.05 bits per heavy atom. The van der Waals surface area contributed by atoms with E-state index in [9.17, 15) is 10.4 Å². The summed E-state index contributed by atoms with van der Waals surface area (Å²) < 4.78 is 12.6. The number of aromatic nitrogens is 2. The van der Waals surface area contributed by atoms with Gasteiger partial charge in [-0.15, -0.1) is 0 Å². The molecule has 1 aliphatic heterocycles. The van der Waals surface area contributed by atoms with E-state index >= 15 is 0 Å². The minimum atomic E-state index is -1.43. The van der Waals surface area contributed by atoms with Crippen LogP contribution in [-0.4, -0.2) is 28.7 Å². The zero-order chi connectivity index (χ0) is 26.2. The maximum Gasteiger partial charge on any atom is 0.174 e. The highest BCUT2D eigenvalue weighted by Gasteiger charge is 2.73. The van der Waals surface area contributed by atoms with E-state index < -0.39 is 11.2 Å². The number of nitrogens with one attached hydrogen (secondary N) is 1. The van der Waals surface area contributed by atoms with Gasteiger partial charge in [-0.05, 0) is 47.4 Å². The molecule has 38 heavy (non-hydrogen) atoms. The molecule has 1 saturated carbocycles. The molecule has 4 unspecified atom stereocenters.